The van der Waals surface area contributed by atoms with Crippen molar-refractivity contribution in [3.8, 4) is 0 Å². The van der Waals surface area contributed by atoms with Crippen molar-refractivity contribution in [2.75, 3.05) is 0 Å². The molecule has 1 saturated carbocycles. The Balaban J connectivity index is 1.99. The molecule has 1 nitrogen and oxygen atoms in total. The molecule has 2 rings (SSSR count). The smallest absolute Gasteiger partial charge is 0.0818 e. The Morgan fingerprint density at radius 2 is 1.89 bits per heavy atom. The molecule has 0 bridgehead atoms. The molecule has 0 saturated heterocycles. The van der Waals surface area contributed by atoms with Gasteiger partial charge in [0.05, 0.1) is 6.10 Å². The van der Waals surface area contributed by atoms with Gasteiger partial charge < -0.3 is 5.11 Å². The molecule has 1 aromatic carbocycles. The lowest BCUT2D eigenvalue weighted by Gasteiger charge is -2.32. The molecule has 0 radical (unpaired) electrons. The van der Waals surface area contributed by atoms with E-state index in [0.717, 1.165) is 17.9 Å². The highest BCUT2D eigenvalue weighted by Crippen LogP contribution is 2.38. The Kier molecular flexibility index (Phi) is 5.45. The SMILES string of the molecule is CCCc1ccc(C(O)C2CCCC(CC)C2)cc1. The summed E-state index contributed by atoms with van der Waals surface area (Å²) in [6, 6.07) is 8.63. The second kappa shape index (κ2) is 7.09. The number of hydrogen-bond donors (Lipinski definition) is 1. The number of aryl methyl sites for hydroxylation is 1. The van der Waals surface area contributed by atoms with Crippen LogP contribution in [-0.2, 0) is 6.42 Å². The number of aliphatic hydroxyl groups excluding tert-OH is 1. The van der Waals surface area contributed by atoms with Crippen LogP contribution in [-0.4, -0.2) is 5.11 Å². The van der Waals surface area contributed by atoms with Gasteiger partial charge in [-0.05, 0) is 42.2 Å². The topological polar surface area (TPSA) is 20.2 Å². The highest BCUT2D eigenvalue weighted by Gasteiger charge is 2.27. The lowest BCUT2D eigenvalue weighted by Crippen LogP contribution is -2.21. The molecule has 1 heteroatoms. The lowest BCUT2D eigenvalue weighted by atomic mass is 9.76. The average molecular weight is 260 g/mol. The fraction of sp³-hybridized carbons (Fsp3) is 0.667. The predicted octanol–water partition coefficient (Wildman–Crippen LogP) is 4.89. The van der Waals surface area contributed by atoms with Crippen LogP contribution < -0.4 is 0 Å². The van der Waals surface area contributed by atoms with Gasteiger partial charge in [0.25, 0.3) is 0 Å². The van der Waals surface area contributed by atoms with E-state index < -0.39 is 0 Å². The van der Waals surface area contributed by atoms with E-state index in [9.17, 15) is 5.11 Å². The Bertz CT molecular complexity index is 368. The first kappa shape index (κ1) is 14.6. The van der Waals surface area contributed by atoms with Crippen molar-refractivity contribution < 1.29 is 5.11 Å². The van der Waals surface area contributed by atoms with Crippen molar-refractivity contribution in [2.24, 2.45) is 11.8 Å². The van der Waals surface area contributed by atoms with Gasteiger partial charge in [-0.2, -0.15) is 0 Å². The maximum atomic E-state index is 10.6. The van der Waals surface area contributed by atoms with Crippen LogP contribution in [0.3, 0.4) is 0 Å². The molecule has 0 spiro atoms. The van der Waals surface area contributed by atoms with Crippen LogP contribution in [0.1, 0.15) is 69.6 Å². The van der Waals surface area contributed by atoms with Gasteiger partial charge >= 0.3 is 0 Å². The number of aliphatic hydroxyl groups is 1. The van der Waals surface area contributed by atoms with Gasteiger partial charge in [-0.25, -0.2) is 0 Å². The molecule has 0 aliphatic heterocycles. The first-order valence-corrected chi connectivity index (χ1v) is 8.01. The summed E-state index contributed by atoms with van der Waals surface area (Å²) in [7, 11) is 0. The third-order valence-electron chi connectivity index (χ3n) is 4.71. The van der Waals surface area contributed by atoms with Gasteiger partial charge in [-0.1, -0.05) is 63.8 Å². The highest BCUT2D eigenvalue weighted by atomic mass is 16.3. The Morgan fingerprint density at radius 3 is 2.53 bits per heavy atom. The molecular formula is C18H28O. The number of hydrogen-bond acceptors (Lipinski definition) is 1. The molecule has 19 heavy (non-hydrogen) atoms. The van der Waals surface area contributed by atoms with Crippen molar-refractivity contribution >= 4 is 0 Å². The standard InChI is InChI=1S/C18H28O/c1-3-6-15-9-11-16(12-10-15)18(19)17-8-5-7-14(4-2)13-17/h9-12,14,17-19H,3-8,13H2,1-2H3. The van der Waals surface area contributed by atoms with Gasteiger partial charge in [-0.3, -0.25) is 0 Å². The summed E-state index contributed by atoms with van der Waals surface area (Å²) in [6.45, 7) is 4.48. The Labute approximate surface area is 118 Å². The van der Waals surface area contributed by atoms with Gasteiger partial charge in [0.1, 0.15) is 0 Å². The highest BCUT2D eigenvalue weighted by molar-refractivity contribution is 5.24. The molecule has 1 aromatic rings. The van der Waals surface area contributed by atoms with E-state index in [-0.39, 0.29) is 6.10 Å². The van der Waals surface area contributed by atoms with Crippen molar-refractivity contribution in [1.29, 1.82) is 0 Å². The van der Waals surface area contributed by atoms with Crippen LogP contribution in [0.5, 0.6) is 0 Å². The molecular weight excluding hydrogens is 232 g/mol. The van der Waals surface area contributed by atoms with E-state index >= 15 is 0 Å². The zero-order valence-corrected chi connectivity index (χ0v) is 12.4. The fourth-order valence-electron chi connectivity index (χ4n) is 3.43. The molecule has 1 aliphatic carbocycles. The zero-order chi connectivity index (χ0) is 13.7. The minimum Gasteiger partial charge on any atom is -0.388 e. The van der Waals surface area contributed by atoms with Crippen molar-refractivity contribution in [1.82, 2.24) is 0 Å². The Morgan fingerprint density at radius 1 is 1.16 bits per heavy atom. The van der Waals surface area contributed by atoms with Gasteiger partial charge in [0, 0.05) is 0 Å². The van der Waals surface area contributed by atoms with E-state index in [0.29, 0.717) is 5.92 Å². The van der Waals surface area contributed by atoms with Gasteiger partial charge in [0.2, 0.25) is 0 Å². The molecule has 0 amide bonds. The van der Waals surface area contributed by atoms with Crippen LogP contribution in [0.15, 0.2) is 24.3 Å². The first-order chi connectivity index (χ1) is 9.24. The molecule has 1 fully saturated rings. The largest absolute Gasteiger partial charge is 0.388 e. The van der Waals surface area contributed by atoms with Gasteiger partial charge in [0.15, 0.2) is 0 Å². The normalized spacial score (nSPS) is 25.2. The summed E-state index contributed by atoms with van der Waals surface area (Å²) in [5, 5.41) is 10.6. The summed E-state index contributed by atoms with van der Waals surface area (Å²) in [6.07, 6.45) is 8.36. The van der Waals surface area contributed by atoms with E-state index in [2.05, 4.69) is 38.1 Å². The van der Waals surface area contributed by atoms with Crippen LogP contribution in [0.25, 0.3) is 0 Å². The molecule has 0 aromatic heterocycles. The van der Waals surface area contributed by atoms with E-state index in [1.165, 1.54) is 44.1 Å². The average Bonchev–Trinajstić information content (AvgIpc) is 2.48. The molecule has 0 heterocycles. The summed E-state index contributed by atoms with van der Waals surface area (Å²) in [5.41, 5.74) is 2.50. The van der Waals surface area contributed by atoms with Crippen molar-refractivity contribution in [3.05, 3.63) is 35.4 Å². The third-order valence-corrected chi connectivity index (χ3v) is 4.71. The predicted molar refractivity (Wildman–Crippen MR) is 81.1 cm³/mol. The quantitative estimate of drug-likeness (QED) is 0.799. The van der Waals surface area contributed by atoms with E-state index in [1.807, 2.05) is 0 Å². The van der Waals surface area contributed by atoms with Crippen molar-refractivity contribution in [2.45, 2.75) is 64.9 Å². The maximum Gasteiger partial charge on any atom is 0.0818 e. The summed E-state index contributed by atoms with van der Waals surface area (Å²) in [4.78, 5) is 0. The van der Waals surface area contributed by atoms with Crippen LogP contribution in [0, 0.1) is 11.8 Å². The Hall–Kier alpha value is -0.820. The maximum absolute atomic E-state index is 10.6. The van der Waals surface area contributed by atoms with E-state index in [1.54, 1.807) is 0 Å². The van der Waals surface area contributed by atoms with Gasteiger partial charge in [-0.15, -0.1) is 0 Å². The lowest BCUT2D eigenvalue weighted by molar-refractivity contribution is 0.0678. The van der Waals surface area contributed by atoms with Crippen LogP contribution in [0.2, 0.25) is 0 Å². The van der Waals surface area contributed by atoms with Crippen molar-refractivity contribution in [3.63, 3.8) is 0 Å². The number of benzene rings is 1. The zero-order valence-electron chi connectivity index (χ0n) is 12.4. The molecule has 1 N–H and O–H groups in total. The number of rotatable bonds is 5. The van der Waals surface area contributed by atoms with Crippen LogP contribution in [0.4, 0.5) is 0 Å². The minimum atomic E-state index is -0.259. The monoisotopic (exact) mass is 260 g/mol. The summed E-state index contributed by atoms with van der Waals surface area (Å²) >= 11 is 0. The van der Waals surface area contributed by atoms with E-state index in [4.69, 9.17) is 0 Å². The fourth-order valence-corrected chi connectivity index (χ4v) is 3.43. The first-order valence-electron chi connectivity index (χ1n) is 8.01. The second-order valence-corrected chi connectivity index (χ2v) is 6.14. The molecule has 1 aliphatic rings. The van der Waals surface area contributed by atoms with Crippen LogP contribution >= 0.6 is 0 Å². The molecule has 3 atom stereocenters. The molecule has 3 unspecified atom stereocenters. The third kappa shape index (κ3) is 3.82. The minimum absolute atomic E-state index is 0.259. The summed E-state index contributed by atoms with van der Waals surface area (Å²) < 4.78 is 0. The molecule has 106 valence electrons. The second-order valence-electron chi connectivity index (χ2n) is 6.14. The summed E-state index contributed by atoms with van der Waals surface area (Å²) in [5.74, 6) is 1.29.